The fourth-order valence-electron chi connectivity index (χ4n) is 3.01. The zero-order valence-electron chi connectivity index (χ0n) is 13.9. The first-order chi connectivity index (χ1) is 11.9. The van der Waals surface area contributed by atoms with Crippen molar-refractivity contribution in [3.63, 3.8) is 0 Å². The van der Waals surface area contributed by atoms with Gasteiger partial charge < -0.3 is 10.0 Å². The third kappa shape index (κ3) is 4.02. The summed E-state index contributed by atoms with van der Waals surface area (Å²) in [5.74, 6) is -0.913. The quantitative estimate of drug-likeness (QED) is 0.880. The molecular weight excluding hydrogens is 360 g/mol. The summed E-state index contributed by atoms with van der Waals surface area (Å²) < 4.78 is 0. The van der Waals surface area contributed by atoms with Crippen LogP contribution in [0.2, 0.25) is 5.02 Å². The number of benzene rings is 1. The molecule has 0 radical (unpaired) electrons. The molecule has 0 saturated carbocycles. The lowest BCUT2D eigenvalue weighted by molar-refractivity contribution is -0.153. The lowest BCUT2D eigenvalue weighted by atomic mass is 9.82. The number of halogens is 1. The third-order valence-electron chi connectivity index (χ3n) is 4.54. The Bertz CT molecular complexity index is 790. The summed E-state index contributed by atoms with van der Waals surface area (Å²) >= 11 is 7.38. The zero-order chi connectivity index (χ0) is 18.0. The molecule has 0 spiro atoms. The van der Waals surface area contributed by atoms with Gasteiger partial charge in [-0.15, -0.1) is 11.3 Å². The Hall–Kier alpha value is -1.92. The largest absolute Gasteiger partial charge is 0.481 e. The van der Waals surface area contributed by atoms with Gasteiger partial charge in [0.15, 0.2) is 0 Å². The van der Waals surface area contributed by atoms with Gasteiger partial charge in [-0.25, -0.2) is 4.98 Å². The molecule has 1 saturated heterocycles. The number of piperidine rings is 1. The second-order valence-electron chi connectivity index (χ2n) is 6.61. The highest BCUT2D eigenvalue weighted by Gasteiger charge is 2.39. The van der Waals surface area contributed by atoms with Crippen molar-refractivity contribution in [1.29, 1.82) is 0 Å². The van der Waals surface area contributed by atoms with Crippen LogP contribution in [0.4, 0.5) is 0 Å². The first-order valence-corrected chi connectivity index (χ1v) is 9.35. The maximum absolute atomic E-state index is 12.5. The van der Waals surface area contributed by atoms with Gasteiger partial charge >= 0.3 is 5.97 Å². The standard InChI is InChI=1S/C18H19ClN2O3S/c1-18(17(23)24)7-2-8-21(11-18)15(22)9-14-10-25-16(20-14)12-3-5-13(19)6-4-12/h3-6,10H,2,7-9,11H2,1H3,(H,23,24). The van der Waals surface area contributed by atoms with Crippen molar-refractivity contribution in [2.75, 3.05) is 13.1 Å². The van der Waals surface area contributed by atoms with E-state index in [9.17, 15) is 14.7 Å². The Labute approximate surface area is 155 Å². The van der Waals surface area contributed by atoms with Crippen LogP contribution >= 0.6 is 22.9 Å². The molecule has 1 aromatic heterocycles. The molecule has 0 bridgehead atoms. The van der Waals surface area contributed by atoms with Crippen LogP contribution in [0.5, 0.6) is 0 Å². The number of carboxylic acids is 1. The van der Waals surface area contributed by atoms with Gasteiger partial charge in [-0.1, -0.05) is 23.7 Å². The van der Waals surface area contributed by atoms with E-state index in [2.05, 4.69) is 4.98 Å². The molecule has 25 heavy (non-hydrogen) atoms. The summed E-state index contributed by atoms with van der Waals surface area (Å²) in [5, 5.41) is 12.8. The number of rotatable bonds is 4. The molecule has 1 aromatic carbocycles. The Morgan fingerprint density at radius 2 is 2.08 bits per heavy atom. The van der Waals surface area contributed by atoms with E-state index >= 15 is 0 Å². The number of likely N-dealkylation sites (tertiary alicyclic amines) is 1. The van der Waals surface area contributed by atoms with Gasteiger partial charge in [0.05, 0.1) is 17.5 Å². The van der Waals surface area contributed by atoms with Crippen LogP contribution in [0.25, 0.3) is 10.6 Å². The summed E-state index contributed by atoms with van der Waals surface area (Å²) in [7, 11) is 0. The smallest absolute Gasteiger partial charge is 0.311 e. The van der Waals surface area contributed by atoms with Crippen molar-refractivity contribution in [2.24, 2.45) is 5.41 Å². The molecule has 2 aromatic rings. The molecule has 5 nitrogen and oxygen atoms in total. The van der Waals surface area contributed by atoms with E-state index in [4.69, 9.17) is 11.6 Å². The summed E-state index contributed by atoms with van der Waals surface area (Å²) in [6, 6.07) is 7.42. The SMILES string of the molecule is CC1(C(=O)O)CCCN(C(=O)Cc2csc(-c3ccc(Cl)cc3)n2)C1. The number of amides is 1. The minimum atomic E-state index is -0.857. The number of thiazole rings is 1. The molecule has 1 aliphatic heterocycles. The number of aliphatic carboxylic acids is 1. The van der Waals surface area contributed by atoms with Crippen LogP contribution in [0, 0.1) is 5.41 Å². The maximum atomic E-state index is 12.5. The van der Waals surface area contributed by atoms with E-state index in [0.29, 0.717) is 30.1 Å². The van der Waals surface area contributed by atoms with Gasteiger partial charge in [0.1, 0.15) is 5.01 Å². The van der Waals surface area contributed by atoms with E-state index < -0.39 is 11.4 Å². The normalized spacial score (nSPS) is 20.5. The number of carbonyl (C=O) groups is 2. The number of hydrogen-bond donors (Lipinski definition) is 1. The van der Waals surface area contributed by atoms with Gasteiger partial charge in [-0.3, -0.25) is 9.59 Å². The van der Waals surface area contributed by atoms with Crippen molar-refractivity contribution in [1.82, 2.24) is 9.88 Å². The highest BCUT2D eigenvalue weighted by molar-refractivity contribution is 7.13. The van der Waals surface area contributed by atoms with Crippen molar-refractivity contribution in [3.8, 4) is 10.6 Å². The summed E-state index contributed by atoms with van der Waals surface area (Å²) in [4.78, 5) is 30.2. The maximum Gasteiger partial charge on any atom is 0.311 e. The number of aromatic nitrogens is 1. The van der Waals surface area contributed by atoms with Gasteiger partial charge in [-0.05, 0) is 31.9 Å². The molecule has 7 heteroatoms. The predicted molar refractivity (Wildman–Crippen MR) is 97.8 cm³/mol. The first-order valence-electron chi connectivity index (χ1n) is 8.09. The van der Waals surface area contributed by atoms with E-state index in [1.165, 1.54) is 11.3 Å². The molecule has 2 heterocycles. The fourth-order valence-corrected chi connectivity index (χ4v) is 3.96. The minimum absolute atomic E-state index is 0.0693. The second kappa shape index (κ2) is 7.14. The van der Waals surface area contributed by atoms with Crippen molar-refractivity contribution >= 4 is 34.8 Å². The lowest BCUT2D eigenvalue weighted by Gasteiger charge is -2.37. The molecule has 1 N–H and O–H groups in total. The highest BCUT2D eigenvalue weighted by atomic mass is 35.5. The molecule has 1 atom stereocenters. The summed E-state index contributed by atoms with van der Waals surface area (Å²) in [5.41, 5.74) is 0.817. The molecule has 1 unspecified atom stereocenters. The molecular formula is C18H19ClN2O3S. The molecule has 0 aliphatic carbocycles. The Morgan fingerprint density at radius 3 is 2.76 bits per heavy atom. The van der Waals surface area contributed by atoms with Crippen LogP contribution in [0.1, 0.15) is 25.5 Å². The van der Waals surface area contributed by atoms with E-state index in [1.54, 1.807) is 11.8 Å². The Morgan fingerprint density at radius 1 is 1.36 bits per heavy atom. The number of carboxylic acid groups (broad SMARTS) is 1. The number of carbonyl (C=O) groups excluding carboxylic acids is 1. The topological polar surface area (TPSA) is 70.5 Å². The highest BCUT2D eigenvalue weighted by Crippen LogP contribution is 2.30. The molecule has 132 valence electrons. The van der Waals surface area contributed by atoms with Gasteiger partial charge in [-0.2, -0.15) is 0 Å². The van der Waals surface area contributed by atoms with Gasteiger partial charge in [0.25, 0.3) is 0 Å². The molecule has 1 aliphatic rings. The third-order valence-corrected chi connectivity index (χ3v) is 5.73. The first kappa shape index (κ1) is 17.9. The van der Waals surface area contributed by atoms with Gasteiger partial charge in [0, 0.05) is 29.1 Å². The van der Waals surface area contributed by atoms with Crippen LogP contribution in [-0.4, -0.2) is 40.0 Å². The molecule has 1 amide bonds. The average molecular weight is 379 g/mol. The van der Waals surface area contributed by atoms with E-state index in [0.717, 1.165) is 10.6 Å². The Balaban J connectivity index is 1.67. The average Bonchev–Trinajstić information content (AvgIpc) is 3.04. The van der Waals surface area contributed by atoms with E-state index in [-0.39, 0.29) is 18.9 Å². The van der Waals surface area contributed by atoms with Crippen LogP contribution in [0.15, 0.2) is 29.6 Å². The molecule has 3 rings (SSSR count). The van der Waals surface area contributed by atoms with Crippen molar-refractivity contribution in [3.05, 3.63) is 40.4 Å². The number of hydrogen-bond acceptors (Lipinski definition) is 4. The predicted octanol–water partition coefficient (Wildman–Crippen LogP) is 3.72. The lowest BCUT2D eigenvalue weighted by Crippen LogP contribution is -2.48. The second-order valence-corrected chi connectivity index (χ2v) is 7.91. The fraction of sp³-hybridized carbons (Fsp3) is 0.389. The van der Waals surface area contributed by atoms with Crippen molar-refractivity contribution < 1.29 is 14.7 Å². The van der Waals surface area contributed by atoms with Crippen molar-refractivity contribution in [2.45, 2.75) is 26.2 Å². The van der Waals surface area contributed by atoms with Crippen LogP contribution < -0.4 is 0 Å². The zero-order valence-corrected chi connectivity index (χ0v) is 15.4. The van der Waals surface area contributed by atoms with Crippen LogP contribution in [-0.2, 0) is 16.0 Å². The Kier molecular flexibility index (Phi) is 5.11. The minimum Gasteiger partial charge on any atom is -0.481 e. The summed E-state index contributed by atoms with van der Waals surface area (Å²) in [6.07, 6.45) is 1.50. The van der Waals surface area contributed by atoms with Gasteiger partial charge in [0.2, 0.25) is 5.91 Å². The monoisotopic (exact) mass is 378 g/mol. The number of nitrogens with zero attached hydrogens (tertiary/aromatic N) is 2. The molecule has 1 fully saturated rings. The summed E-state index contributed by atoms with van der Waals surface area (Å²) in [6.45, 7) is 2.57. The van der Waals surface area contributed by atoms with E-state index in [1.807, 2.05) is 29.6 Å². The van der Waals surface area contributed by atoms with Crippen LogP contribution in [0.3, 0.4) is 0 Å².